The van der Waals surface area contributed by atoms with Gasteiger partial charge in [-0.2, -0.15) is 0 Å². The van der Waals surface area contributed by atoms with Crippen molar-refractivity contribution < 1.29 is 4.48 Å². The third-order valence-electron chi connectivity index (χ3n) is 2.80. The van der Waals surface area contributed by atoms with Crippen molar-refractivity contribution in [3.8, 4) is 0 Å². The molecule has 0 radical (unpaired) electrons. The molecule has 1 rings (SSSR count). The number of quaternary nitrogens is 1. The average molecular weight is 179 g/mol. The lowest BCUT2D eigenvalue weighted by Crippen LogP contribution is -2.42. The molecule has 0 unspecified atom stereocenters. The molecule has 2 nitrogen and oxygen atoms in total. The third-order valence-corrected chi connectivity index (χ3v) is 2.80. The molecule has 0 N–H and O–H groups in total. The van der Waals surface area contributed by atoms with E-state index in [1.165, 1.54) is 5.69 Å². The molecule has 2 heteroatoms. The maximum atomic E-state index is 4.34. The normalized spacial score (nSPS) is 11.6. The van der Waals surface area contributed by atoms with E-state index in [9.17, 15) is 0 Å². The zero-order valence-electron chi connectivity index (χ0n) is 8.83. The maximum absolute atomic E-state index is 4.34. The standard InChI is InChI=1S/C11H19N2/c1-4-13(3,5-2)10-11-8-6-7-9-12-11/h6-9H,4-5,10H2,1-3H3/q+1. The van der Waals surface area contributed by atoms with Crippen LogP contribution in [-0.4, -0.2) is 29.6 Å². The molecule has 1 aromatic heterocycles. The summed E-state index contributed by atoms with van der Waals surface area (Å²) >= 11 is 0. The topological polar surface area (TPSA) is 12.9 Å². The highest BCUT2D eigenvalue weighted by molar-refractivity contribution is 5.01. The first-order valence-corrected chi connectivity index (χ1v) is 4.93. The van der Waals surface area contributed by atoms with Crippen LogP contribution in [0, 0.1) is 0 Å². The number of hydrogen-bond donors (Lipinski definition) is 0. The van der Waals surface area contributed by atoms with Crippen molar-refractivity contribution in [3.05, 3.63) is 30.1 Å². The summed E-state index contributed by atoms with van der Waals surface area (Å²) in [6, 6.07) is 6.12. The van der Waals surface area contributed by atoms with Gasteiger partial charge in [-0.3, -0.25) is 4.98 Å². The fraction of sp³-hybridized carbons (Fsp3) is 0.545. The van der Waals surface area contributed by atoms with Gasteiger partial charge in [-0.1, -0.05) is 6.07 Å². The van der Waals surface area contributed by atoms with Crippen LogP contribution in [0.25, 0.3) is 0 Å². The van der Waals surface area contributed by atoms with Crippen molar-refractivity contribution in [1.82, 2.24) is 4.98 Å². The largest absolute Gasteiger partial charge is 0.321 e. The van der Waals surface area contributed by atoms with Crippen LogP contribution in [0.2, 0.25) is 0 Å². The molecule has 0 saturated heterocycles. The van der Waals surface area contributed by atoms with Crippen LogP contribution in [0.3, 0.4) is 0 Å². The molecule has 0 aliphatic heterocycles. The summed E-state index contributed by atoms with van der Waals surface area (Å²) in [4.78, 5) is 4.34. The molecule has 0 aromatic carbocycles. The predicted molar refractivity (Wildman–Crippen MR) is 55.2 cm³/mol. The van der Waals surface area contributed by atoms with Crippen LogP contribution in [0.15, 0.2) is 24.4 Å². The molecular weight excluding hydrogens is 160 g/mol. The van der Waals surface area contributed by atoms with Gasteiger partial charge >= 0.3 is 0 Å². The van der Waals surface area contributed by atoms with Gasteiger partial charge in [0.1, 0.15) is 6.54 Å². The molecule has 0 atom stereocenters. The fourth-order valence-corrected chi connectivity index (χ4v) is 1.33. The summed E-state index contributed by atoms with van der Waals surface area (Å²) in [6.07, 6.45) is 1.87. The molecule has 72 valence electrons. The Morgan fingerprint density at radius 2 is 1.92 bits per heavy atom. The second kappa shape index (κ2) is 4.38. The highest BCUT2D eigenvalue weighted by atomic mass is 15.3. The van der Waals surface area contributed by atoms with Gasteiger partial charge in [-0.05, 0) is 26.0 Å². The van der Waals surface area contributed by atoms with Gasteiger partial charge in [0.15, 0.2) is 0 Å². The molecule has 0 fully saturated rings. The maximum Gasteiger partial charge on any atom is 0.121 e. The number of nitrogens with zero attached hydrogens (tertiary/aromatic N) is 2. The monoisotopic (exact) mass is 179 g/mol. The zero-order valence-corrected chi connectivity index (χ0v) is 8.83. The van der Waals surface area contributed by atoms with Crippen molar-refractivity contribution in [2.75, 3.05) is 20.1 Å². The summed E-state index contributed by atoms with van der Waals surface area (Å²) < 4.78 is 1.07. The van der Waals surface area contributed by atoms with Gasteiger partial charge in [0.25, 0.3) is 0 Å². The van der Waals surface area contributed by atoms with E-state index >= 15 is 0 Å². The van der Waals surface area contributed by atoms with E-state index in [4.69, 9.17) is 0 Å². The third kappa shape index (κ3) is 2.81. The van der Waals surface area contributed by atoms with Gasteiger partial charge < -0.3 is 4.48 Å². The van der Waals surface area contributed by atoms with Crippen LogP contribution < -0.4 is 0 Å². The second-order valence-electron chi connectivity index (χ2n) is 3.73. The zero-order chi connectivity index (χ0) is 9.73. The molecule has 1 heterocycles. The van der Waals surface area contributed by atoms with Crippen LogP contribution in [-0.2, 0) is 6.54 Å². The highest BCUT2D eigenvalue weighted by Gasteiger charge is 2.17. The smallest absolute Gasteiger partial charge is 0.121 e. The molecule has 0 saturated carbocycles. The van der Waals surface area contributed by atoms with Crippen molar-refractivity contribution in [1.29, 1.82) is 0 Å². The van der Waals surface area contributed by atoms with Gasteiger partial charge in [-0.15, -0.1) is 0 Å². The van der Waals surface area contributed by atoms with Gasteiger partial charge in [0.05, 0.1) is 25.8 Å². The Bertz CT molecular complexity index is 240. The van der Waals surface area contributed by atoms with Crippen molar-refractivity contribution in [2.45, 2.75) is 20.4 Å². The first-order valence-electron chi connectivity index (χ1n) is 4.93. The van der Waals surface area contributed by atoms with Gasteiger partial charge in [0, 0.05) is 6.20 Å². The summed E-state index contributed by atoms with van der Waals surface area (Å²) in [6.45, 7) is 7.81. The van der Waals surface area contributed by atoms with Gasteiger partial charge in [-0.25, -0.2) is 0 Å². The highest BCUT2D eigenvalue weighted by Crippen LogP contribution is 2.08. The van der Waals surface area contributed by atoms with E-state index in [1.54, 1.807) is 0 Å². The summed E-state index contributed by atoms with van der Waals surface area (Å²) in [5.41, 5.74) is 1.19. The number of rotatable bonds is 4. The molecule has 0 bridgehead atoms. The molecule has 0 aliphatic rings. The summed E-state index contributed by atoms with van der Waals surface area (Å²) in [5.74, 6) is 0. The van der Waals surface area contributed by atoms with Crippen molar-refractivity contribution in [3.63, 3.8) is 0 Å². The lowest BCUT2D eigenvalue weighted by atomic mass is 10.3. The molecular formula is C11H19N2+. The van der Waals surface area contributed by atoms with E-state index in [0.29, 0.717) is 0 Å². The van der Waals surface area contributed by atoms with Crippen molar-refractivity contribution >= 4 is 0 Å². The molecule has 1 aromatic rings. The van der Waals surface area contributed by atoms with E-state index in [-0.39, 0.29) is 0 Å². The lowest BCUT2D eigenvalue weighted by molar-refractivity contribution is -0.919. The van der Waals surface area contributed by atoms with E-state index in [1.807, 2.05) is 12.3 Å². The van der Waals surface area contributed by atoms with Crippen LogP contribution in [0.1, 0.15) is 19.5 Å². The van der Waals surface area contributed by atoms with E-state index in [0.717, 1.165) is 24.1 Å². The summed E-state index contributed by atoms with van der Waals surface area (Å²) in [7, 11) is 2.27. The van der Waals surface area contributed by atoms with Crippen LogP contribution in [0.4, 0.5) is 0 Å². The van der Waals surface area contributed by atoms with Crippen LogP contribution >= 0.6 is 0 Å². The molecule has 13 heavy (non-hydrogen) atoms. The molecule has 0 aliphatic carbocycles. The SMILES string of the molecule is CC[N+](C)(CC)Cc1ccccn1. The lowest BCUT2D eigenvalue weighted by Gasteiger charge is -2.31. The number of aromatic nitrogens is 1. The Morgan fingerprint density at radius 3 is 2.38 bits per heavy atom. The quantitative estimate of drug-likeness (QED) is 0.645. The Hall–Kier alpha value is -0.890. The Balaban J connectivity index is 2.68. The number of pyridine rings is 1. The van der Waals surface area contributed by atoms with Gasteiger partial charge in [0.2, 0.25) is 0 Å². The minimum Gasteiger partial charge on any atom is -0.321 e. The van der Waals surface area contributed by atoms with E-state index < -0.39 is 0 Å². The van der Waals surface area contributed by atoms with E-state index in [2.05, 4.69) is 38.0 Å². The van der Waals surface area contributed by atoms with Crippen LogP contribution in [0.5, 0.6) is 0 Å². The fourth-order valence-electron chi connectivity index (χ4n) is 1.33. The predicted octanol–water partition coefficient (Wildman–Crippen LogP) is 2.07. The summed E-state index contributed by atoms with van der Waals surface area (Å²) in [5, 5.41) is 0. The first kappa shape index (κ1) is 10.2. The minimum absolute atomic E-state index is 1.04. The Kier molecular flexibility index (Phi) is 3.43. The minimum atomic E-state index is 1.04. The Morgan fingerprint density at radius 1 is 1.23 bits per heavy atom. The number of hydrogen-bond acceptors (Lipinski definition) is 1. The first-order chi connectivity index (χ1) is 6.20. The second-order valence-corrected chi connectivity index (χ2v) is 3.73. The Labute approximate surface area is 80.8 Å². The van der Waals surface area contributed by atoms with Crippen molar-refractivity contribution in [2.24, 2.45) is 0 Å². The molecule has 0 amide bonds. The molecule has 0 spiro atoms. The average Bonchev–Trinajstić information content (AvgIpc) is 2.19.